The molecule has 4 atom stereocenters. The zero-order valence-electron chi connectivity index (χ0n) is 14.0. The van der Waals surface area contributed by atoms with Gasteiger partial charge >= 0.3 is 11.9 Å². The predicted molar refractivity (Wildman–Crippen MR) is 86.4 cm³/mol. The summed E-state index contributed by atoms with van der Waals surface area (Å²) in [6.45, 7) is 3.92. The molecule has 0 spiro atoms. The molecule has 0 radical (unpaired) electrons. The molecule has 0 saturated heterocycles. The van der Waals surface area contributed by atoms with Gasteiger partial charge in [0.2, 0.25) is 0 Å². The molecule has 0 heterocycles. The molecule has 0 aromatic carbocycles. The number of carbonyl (C=O) groups is 2. The third kappa shape index (κ3) is 2.34. The molecule has 0 aromatic heterocycles. The van der Waals surface area contributed by atoms with Gasteiger partial charge in [-0.1, -0.05) is 24.1 Å². The lowest BCUT2D eigenvalue weighted by Crippen LogP contribution is -2.44. The Bertz CT molecular complexity index is 532. The Labute approximate surface area is 137 Å². The smallest absolute Gasteiger partial charge is 0.323 e. The first-order chi connectivity index (χ1) is 11.1. The van der Waals surface area contributed by atoms with Crippen LogP contribution in [0.25, 0.3) is 0 Å². The highest BCUT2D eigenvalue weighted by Gasteiger charge is 2.63. The zero-order chi connectivity index (χ0) is 16.6. The fraction of sp³-hybridized carbons (Fsp3) is 0.684. The third-order valence-corrected chi connectivity index (χ3v) is 6.25. The van der Waals surface area contributed by atoms with E-state index in [1.807, 2.05) is 0 Å². The number of methoxy groups -OCH3 is 2. The molecular formula is C19H26O4. The second kappa shape index (κ2) is 6.14. The number of hydrogen-bond donors (Lipinski definition) is 0. The average Bonchev–Trinajstić information content (AvgIpc) is 2.92. The lowest BCUT2D eigenvalue weighted by atomic mass is 9.69. The van der Waals surface area contributed by atoms with E-state index in [-0.39, 0.29) is 11.8 Å². The van der Waals surface area contributed by atoms with E-state index in [1.54, 1.807) is 6.08 Å². The van der Waals surface area contributed by atoms with E-state index in [0.29, 0.717) is 18.3 Å². The molecule has 2 saturated carbocycles. The fourth-order valence-corrected chi connectivity index (χ4v) is 5.24. The topological polar surface area (TPSA) is 52.6 Å². The molecular weight excluding hydrogens is 292 g/mol. The van der Waals surface area contributed by atoms with Gasteiger partial charge in [0.15, 0.2) is 5.41 Å². The summed E-state index contributed by atoms with van der Waals surface area (Å²) >= 11 is 0. The maximum atomic E-state index is 12.6. The summed E-state index contributed by atoms with van der Waals surface area (Å²) in [7, 11) is 2.68. The highest BCUT2D eigenvalue weighted by molar-refractivity contribution is 6.01. The molecule has 2 fully saturated rings. The minimum Gasteiger partial charge on any atom is -0.468 e. The number of ether oxygens (including phenoxy) is 2. The Hall–Kier alpha value is -1.58. The summed E-state index contributed by atoms with van der Waals surface area (Å²) in [6.07, 6.45) is 10.6. The molecule has 3 rings (SSSR count). The van der Waals surface area contributed by atoms with Crippen molar-refractivity contribution >= 4 is 11.9 Å². The first-order valence-corrected chi connectivity index (χ1v) is 8.58. The van der Waals surface area contributed by atoms with E-state index >= 15 is 0 Å². The number of hydrogen-bond acceptors (Lipinski definition) is 4. The van der Waals surface area contributed by atoms with Crippen molar-refractivity contribution in [3.63, 3.8) is 0 Å². The molecule has 0 aromatic rings. The molecule has 3 unspecified atom stereocenters. The Morgan fingerprint density at radius 3 is 2.57 bits per heavy atom. The summed E-state index contributed by atoms with van der Waals surface area (Å²) in [5.41, 5.74) is 0.292. The van der Waals surface area contributed by atoms with Crippen LogP contribution in [-0.4, -0.2) is 26.2 Å². The van der Waals surface area contributed by atoms with Gasteiger partial charge in [0.25, 0.3) is 0 Å². The van der Waals surface area contributed by atoms with Gasteiger partial charge in [0, 0.05) is 5.92 Å². The van der Waals surface area contributed by atoms with Gasteiger partial charge in [-0.3, -0.25) is 9.59 Å². The van der Waals surface area contributed by atoms with E-state index in [2.05, 4.69) is 12.7 Å². The molecule has 3 aliphatic carbocycles. The predicted octanol–water partition coefficient (Wildman–Crippen LogP) is 3.28. The highest BCUT2D eigenvalue weighted by atomic mass is 16.5. The first-order valence-electron chi connectivity index (χ1n) is 8.58. The molecule has 0 amide bonds. The Kier molecular flexibility index (Phi) is 4.35. The van der Waals surface area contributed by atoms with Crippen molar-refractivity contribution in [1.29, 1.82) is 0 Å². The van der Waals surface area contributed by atoms with Crippen LogP contribution in [-0.2, 0) is 19.1 Å². The Balaban J connectivity index is 2.02. The van der Waals surface area contributed by atoms with Gasteiger partial charge in [-0.15, -0.1) is 6.58 Å². The molecule has 4 nitrogen and oxygen atoms in total. The van der Waals surface area contributed by atoms with Crippen molar-refractivity contribution in [3.8, 4) is 0 Å². The minimum absolute atomic E-state index is 0.190. The van der Waals surface area contributed by atoms with Crippen LogP contribution in [0.15, 0.2) is 24.3 Å². The van der Waals surface area contributed by atoms with Gasteiger partial charge < -0.3 is 9.47 Å². The van der Waals surface area contributed by atoms with Crippen LogP contribution < -0.4 is 0 Å². The Morgan fingerprint density at radius 1 is 1.26 bits per heavy atom. The van der Waals surface area contributed by atoms with Crippen molar-refractivity contribution in [1.82, 2.24) is 0 Å². The second-order valence-electron chi connectivity index (χ2n) is 7.18. The molecule has 4 heteroatoms. The number of fused-ring (bicyclic) bond motifs is 2. The lowest BCUT2D eigenvalue weighted by Gasteiger charge is -2.36. The molecule has 0 aliphatic heterocycles. The summed E-state index contributed by atoms with van der Waals surface area (Å²) in [6, 6.07) is 0. The van der Waals surface area contributed by atoms with Crippen LogP contribution >= 0.6 is 0 Å². The highest BCUT2D eigenvalue weighted by Crippen LogP contribution is 2.58. The Morgan fingerprint density at radius 2 is 1.96 bits per heavy atom. The van der Waals surface area contributed by atoms with Gasteiger partial charge in [0.05, 0.1) is 14.2 Å². The van der Waals surface area contributed by atoms with Crippen molar-refractivity contribution in [2.75, 3.05) is 14.2 Å². The maximum Gasteiger partial charge on any atom is 0.323 e. The summed E-state index contributed by atoms with van der Waals surface area (Å²) < 4.78 is 10.0. The van der Waals surface area contributed by atoms with Crippen molar-refractivity contribution in [3.05, 3.63) is 24.3 Å². The summed E-state index contributed by atoms with van der Waals surface area (Å²) in [4.78, 5) is 25.1. The van der Waals surface area contributed by atoms with Crippen molar-refractivity contribution in [2.24, 2.45) is 29.1 Å². The van der Waals surface area contributed by atoms with Gasteiger partial charge in [0.1, 0.15) is 0 Å². The molecule has 23 heavy (non-hydrogen) atoms. The van der Waals surface area contributed by atoms with Crippen molar-refractivity contribution < 1.29 is 19.1 Å². The normalized spacial score (nSPS) is 34.6. The molecule has 0 bridgehead atoms. The van der Waals surface area contributed by atoms with Crippen LogP contribution in [0.3, 0.4) is 0 Å². The van der Waals surface area contributed by atoms with E-state index in [9.17, 15) is 9.59 Å². The first kappa shape index (κ1) is 16.3. The van der Waals surface area contributed by atoms with Crippen LogP contribution in [0.2, 0.25) is 0 Å². The largest absolute Gasteiger partial charge is 0.468 e. The minimum atomic E-state index is -1.23. The van der Waals surface area contributed by atoms with Gasteiger partial charge in [-0.05, 0) is 49.9 Å². The van der Waals surface area contributed by atoms with Crippen LogP contribution in [0.4, 0.5) is 0 Å². The summed E-state index contributed by atoms with van der Waals surface area (Å²) in [5.74, 6) is -0.0718. The van der Waals surface area contributed by atoms with Crippen molar-refractivity contribution in [2.45, 2.75) is 38.5 Å². The standard InChI is InChI=1S/C19H26O4/c1-4-16-15-10-13-8-6-5-7-12(13)9-14(15)11-19(16,17(20)22-2)18(21)23-3/h4,10,12,14-16H,1,5-9,11H2,2-3H3/t12?,14?,15?,16-/m1/s1. The lowest BCUT2D eigenvalue weighted by molar-refractivity contribution is -0.171. The van der Waals surface area contributed by atoms with Crippen LogP contribution in [0, 0.1) is 29.1 Å². The zero-order valence-corrected chi connectivity index (χ0v) is 14.0. The van der Waals surface area contributed by atoms with Crippen LogP contribution in [0.1, 0.15) is 38.5 Å². The number of rotatable bonds is 3. The summed E-state index contributed by atoms with van der Waals surface area (Å²) in [5, 5.41) is 0. The average molecular weight is 318 g/mol. The van der Waals surface area contributed by atoms with Crippen LogP contribution in [0.5, 0.6) is 0 Å². The molecule has 0 N–H and O–H groups in total. The van der Waals surface area contributed by atoms with Gasteiger partial charge in [-0.25, -0.2) is 0 Å². The van der Waals surface area contributed by atoms with E-state index < -0.39 is 17.4 Å². The number of allylic oxidation sites excluding steroid dienone is 3. The van der Waals surface area contributed by atoms with Gasteiger partial charge in [-0.2, -0.15) is 0 Å². The van der Waals surface area contributed by atoms with E-state index in [0.717, 1.165) is 12.8 Å². The van der Waals surface area contributed by atoms with E-state index in [4.69, 9.17) is 9.47 Å². The number of carbonyl (C=O) groups excluding carboxylic acids is 2. The maximum absolute atomic E-state index is 12.6. The van der Waals surface area contributed by atoms with E-state index in [1.165, 1.54) is 39.1 Å². The molecule has 126 valence electrons. The number of esters is 2. The monoisotopic (exact) mass is 318 g/mol. The third-order valence-electron chi connectivity index (χ3n) is 6.25. The SMILES string of the molecule is C=C[C@@H]1C2C=C3CCCCC3CC2CC1(C(=O)OC)C(=O)OC. The quantitative estimate of drug-likeness (QED) is 0.455. The fourth-order valence-electron chi connectivity index (χ4n) is 5.24. The molecule has 3 aliphatic rings. The second-order valence-corrected chi connectivity index (χ2v) is 7.18.